The number of rotatable bonds is 9. The van der Waals surface area contributed by atoms with Crippen molar-refractivity contribution in [2.45, 2.75) is 32.9 Å². The van der Waals surface area contributed by atoms with Gasteiger partial charge in [0.1, 0.15) is 11.4 Å². The van der Waals surface area contributed by atoms with Crippen LogP contribution in [0.25, 0.3) is 22.5 Å². The van der Waals surface area contributed by atoms with Crippen LogP contribution >= 0.6 is 23.1 Å². The normalized spacial score (nSPS) is 15.5. The van der Waals surface area contributed by atoms with Crippen molar-refractivity contribution in [2.75, 3.05) is 31.5 Å². The molecule has 1 fully saturated rings. The maximum absolute atomic E-state index is 12.7. The lowest BCUT2D eigenvalue weighted by molar-refractivity contribution is 0.0787. The minimum Gasteiger partial charge on any atom is -0.359 e. The second-order valence-electron chi connectivity index (χ2n) is 8.83. The van der Waals surface area contributed by atoms with Gasteiger partial charge in [0.2, 0.25) is 5.95 Å². The van der Waals surface area contributed by atoms with Crippen LogP contribution in [0, 0.1) is 0 Å². The monoisotopic (exact) mass is 537 g/mol. The number of nitrogens with one attached hydrogen (secondary N) is 1. The van der Waals surface area contributed by atoms with Crippen LogP contribution in [-0.2, 0) is 6.54 Å². The summed E-state index contributed by atoms with van der Waals surface area (Å²) >= 11 is 7.56. The summed E-state index contributed by atoms with van der Waals surface area (Å²) in [6, 6.07) is 11.2. The smallest absolute Gasteiger partial charge is 0.273 e. The Kier molecular flexibility index (Phi) is 7.78. The van der Waals surface area contributed by atoms with Crippen LogP contribution < -0.4 is 5.32 Å². The van der Waals surface area contributed by atoms with Gasteiger partial charge in [-0.25, -0.2) is 9.97 Å². The van der Waals surface area contributed by atoms with Crippen molar-refractivity contribution < 1.29 is 9.32 Å². The van der Waals surface area contributed by atoms with Crippen molar-refractivity contribution in [3.63, 3.8) is 0 Å². The molecule has 192 valence electrons. The highest BCUT2D eigenvalue weighted by Gasteiger charge is 2.29. The topological polar surface area (TPSA) is 100 Å². The highest BCUT2D eigenvalue weighted by molar-refractivity contribution is 7.03. The van der Waals surface area contributed by atoms with Crippen molar-refractivity contribution in [2.24, 2.45) is 0 Å². The van der Waals surface area contributed by atoms with E-state index >= 15 is 0 Å². The molecule has 9 nitrogen and oxygen atoms in total. The van der Waals surface area contributed by atoms with E-state index in [2.05, 4.69) is 38.6 Å². The fraction of sp³-hybridized carbons (Fsp3) is 0.346. The summed E-state index contributed by atoms with van der Waals surface area (Å²) in [4.78, 5) is 26.0. The summed E-state index contributed by atoms with van der Waals surface area (Å²) in [5.74, 6) is 1.19. The van der Waals surface area contributed by atoms with Crippen LogP contribution in [0.2, 0.25) is 5.02 Å². The van der Waals surface area contributed by atoms with Crippen molar-refractivity contribution in [3.8, 4) is 22.5 Å². The molecule has 0 radical (unpaired) electrons. The lowest BCUT2D eigenvalue weighted by Crippen LogP contribution is -2.32. The minimum absolute atomic E-state index is 0.0443. The fourth-order valence-electron chi connectivity index (χ4n) is 4.48. The number of likely N-dealkylation sites (tertiary alicyclic amines) is 1. The van der Waals surface area contributed by atoms with E-state index in [0.29, 0.717) is 47.7 Å². The first-order valence-corrected chi connectivity index (χ1v) is 13.5. The van der Waals surface area contributed by atoms with E-state index in [1.807, 2.05) is 40.6 Å². The molecule has 37 heavy (non-hydrogen) atoms. The number of nitrogens with zero attached hydrogens (tertiary/aromatic N) is 6. The summed E-state index contributed by atoms with van der Waals surface area (Å²) in [5.41, 5.74) is 3.58. The Morgan fingerprint density at radius 2 is 2.14 bits per heavy atom. The Bertz CT molecular complexity index is 1360. The van der Waals surface area contributed by atoms with E-state index in [0.717, 1.165) is 36.4 Å². The standard InChI is InChI=1S/C26H28ClN7O2S/c1-3-33(4-2)16-22-23(24(31-36-22)17-6-5-7-18(27)14-17)20-8-11-28-26(30-20)29-19-9-12-34(15-19)25(35)21-10-13-37-32-21/h5-8,10-11,13-14,19H,3-4,9,12,15-16H2,1-2H3,(H,28,29,30)/t19-/m1/s1. The summed E-state index contributed by atoms with van der Waals surface area (Å²) < 4.78 is 10.0. The number of anilines is 1. The van der Waals surface area contributed by atoms with Crippen molar-refractivity contribution in [1.82, 2.24) is 29.3 Å². The average Bonchev–Trinajstić information content (AvgIpc) is 3.68. The second-order valence-corrected chi connectivity index (χ2v) is 9.93. The van der Waals surface area contributed by atoms with Crippen LogP contribution in [0.3, 0.4) is 0 Å². The molecule has 5 rings (SSSR count). The van der Waals surface area contributed by atoms with E-state index in [-0.39, 0.29) is 11.9 Å². The van der Waals surface area contributed by atoms with Crippen LogP contribution in [-0.4, -0.2) is 67.4 Å². The first-order chi connectivity index (χ1) is 18.1. The number of hydrogen-bond acceptors (Lipinski definition) is 9. The predicted molar refractivity (Wildman–Crippen MR) is 145 cm³/mol. The van der Waals surface area contributed by atoms with Gasteiger partial charge < -0.3 is 14.7 Å². The summed E-state index contributed by atoms with van der Waals surface area (Å²) in [6.07, 6.45) is 2.53. The van der Waals surface area contributed by atoms with Crippen LogP contribution in [0.5, 0.6) is 0 Å². The van der Waals surface area contributed by atoms with Gasteiger partial charge in [-0.1, -0.05) is 42.7 Å². The number of carbonyl (C=O) groups is 1. The first-order valence-electron chi connectivity index (χ1n) is 12.3. The Morgan fingerprint density at radius 3 is 2.89 bits per heavy atom. The second kappa shape index (κ2) is 11.4. The third-order valence-electron chi connectivity index (χ3n) is 6.50. The largest absolute Gasteiger partial charge is 0.359 e. The van der Waals surface area contributed by atoms with Crippen molar-refractivity contribution in [1.29, 1.82) is 0 Å². The number of hydrogen-bond donors (Lipinski definition) is 1. The van der Waals surface area contributed by atoms with Gasteiger partial charge >= 0.3 is 0 Å². The summed E-state index contributed by atoms with van der Waals surface area (Å²) in [6.45, 7) is 7.85. The average molecular weight is 538 g/mol. The van der Waals surface area contributed by atoms with Crippen LogP contribution in [0.4, 0.5) is 5.95 Å². The number of aromatic nitrogens is 4. The quantitative estimate of drug-likeness (QED) is 0.315. The van der Waals surface area contributed by atoms with Crippen LogP contribution in [0.1, 0.15) is 36.5 Å². The van der Waals surface area contributed by atoms with Gasteiger partial charge in [-0.15, -0.1) is 0 Å². The number of benzene rings is 1. The number of halogens is 1. The van der Waals surface area contributed by atoms with Gasteiger partial charge in [-0.05, 0) is 55.3 Å². The molecule has 3 aromatic heterocycles. The molecule has 4 heterocycles. The molecule has 0 spiro atoms. The molecule has 1 atom stereocenters. The molecule has 11 heteroatoms. The molecular weight excluding hydrogens is 510 g/mol. The first kappa shape index (κ1) is 25.3. The minimum atomic E-state index is -0.0445. The van der Waals surface area contributed by atoms with Gasteiger partial charge in [0.05, 0.1) is 17.8 Å². The zero-order valence-electron chi connectivity index (χ0n) is 20.7. The fourth-order valence-corrected chi connectivity index (χ4v) is 5.17. The molecule has 1 aliphatic heterocycles. The van der Waals surface area contributed by atoms with Gasteiger partial charge in [0.25, 0.3) is 5.91 Å². The summed E-state index contributed by atoms with van der Waals surface area (Å²) in [5, 5.41) is 10.3. The van der Waals surface area contributed by atoms with E-state index in [4.69, 9.17) is 21.1 Å². The van der Waals surface area contributed by atoms with Gasteiger partial charge in [0, 0.05) is 41.3 Å². The van der Waals surface area contributed by atoms with Gasteiger partial charge in [-0.3, -0.25) is 9.69 Å². The number of carbonyl (C=O) groups excluding carboxylic acids is 1. The number of amides is 1. The zero-order chi connectivity index (χ0) is 25.8. The van der Waals surface area contributed by atoms with E-state index in [1.165, 1.54) is 11.5 Å². The Hall–Kier alpha value is -3.34. The van der Waals surface area contributed by atoms with Gasteiger partial charge in [-0.2, -0.15) is 4.37 Å². The SMILES string of the molecule is CCN(CC)Cc1onc(-c2cccc(Cl)c2)c1-c1ccnc(N[C@@H]2CCN(C(=O)c3ccsn3)C2)n1. The molecular formula is C26H28ClN7O2S. The van der Waals surface area contributed by atoms with Gasteiger partial charge in [0.15, 0.2) is 5.76 Å². The molecule has 0 bridgehead atoms. The molecule has 1 amide bonds. The molecule has 1 aliphatic rings. The van der Waals surface area contributed by atoms with Crippen LogP contribution in [0.15, 0.2) is 52.5 Å². The molecule has 0 unspecified atom stereocenters. The van der Waals surface area contributed by atoms with E-state index < -0.39 is 0 Å². The molecule has 0 saturated carbocycles. The lowest BCUT2D eigenvalue weighted by Gasteiger charge is -2.17. The maximum Gasteiger partial charge on any atom is 0.273 e. The molecule has 1 aromatic carbocycles. The lowest BCUT2D eigenvalue weighted by atomic mass is 10.0. The van der Waals surface area contributed by atoms with E-state index in [1.54, 1.807) is 12.3 Å². The Labute approximate surface area is 224 Å². The highest BCUT2D eigenvalue weighted by atomic mass is 35.5. The molecule has 1 N–H and O–H groups in total. The predicted octanol–water partition coefficient (Wildman–Crippen LogP) is 5.08. The third-order valence-corrected chi connectivity index (χ3v) is 7.29. The van der Waals surface area contributed by atoms with Crippen molar-refractivity contribution in [3.05, 3.63) is 64.5 Å². The van der Waals surface area contributed by atoms with Crippen molar-refractivity contribution >= 4 is 35.0 Å². The summed E-state index contributed by atoms with van der Waals surface area (Å²) in [7, 11) is 0. The highest BCUT2D eigenvalue weighted by Crippen LogP contribution is 2.35. The molecule has 4 aromatic rings. The zero-order valence-corrected chi connectivity index (χ0v) is 22.3. The Balaban J connectivity index is 1.41. The van der Waals surface area contributed by atoms with E-state index in [9.17, 15) is 4.79 Å². The maximum atomic E-state index is 12.7. The molecule has 0 aliphatic carbocycles. The molecule has 1 saturated heterocycles. The Morgan fingerprint density at radius 1 is 1.27 bits per heavy atom. The third kappa shape index (κ3) is 5.66.